The third-order valence-electron chi connectivity index (χ3n) is 11.8. The van der Waals surface area contributed by atoms with Gasteiger partial charge in [0, 0.05) is 21.9 Å². The Labute approximate surface area is 320 Å². The van der Waals surface area contributed by atoms with Gasteiger partial charge in [-0.3, -0.25) is 0 Å². The van der Waals surface area contributed by atoms with E-state index in [1.54, 1.807) is 0 Å². The summed E-state index contributed by atoms with van der Waals surface area (Å²) in [5, 5.41) is 7.29. The third-order valence-corrected chi connectivity index (χ3v) is 11.8. The lowest BCUT2D eigenvalue weighted by atomic mass is 9.81. The maximum Gasteiger partial charge on any atom is 0.159 e. The molecule has 1 aliphatic carbocycles. The molecule has 260 valence electrons. The van der Waals surface area contributed by atoms with E-state index in [0.717, 1.165) is 39.0 Å². The van der Waals surface area contributed by atoms with Crippen molar-refractivity contribution in [1.29, 1.82) is 0 Å². The van der Waals surface area contributed by atoms with E-state index in [9.17, 15) is 0 Å². The molecule has 11 rings (SSSR count). The molecule has 0 N–H and O–H groups in total. The highest BCUT2D eigenvalue weighted by Crippen LogP contribution is 2.56. The van der Waals surface area contributed by atoms with Gasteiger partial charge in [-0.05, 0) is 96.4 Å². The van der Waals surface area contributed by atoms with Crippen molar-refractivity contribution in [3.05, 3.63) is 199 Å². The Morgan fingerprint density at radius 2 is 1.04 bits per heavy atom. The topological polar surface area (TPSA) is 16.4 Å². The summed E-state index contributed by atoms with van der Waals surface area (Å²) >= 11 is 0. The van der Waals surface area contributed by atoms with Gasteiger partial charge in [0.05, 0.1) is 11.4 Å². The average molecular weight is 704 g/mol. The highest BCUT2D eigenvalue weighted by atomic mass is 16.3. The molecule has 1 aromatic heterocycles. The smallest absolute Gasteiger partial charge is 0.159 e. The lowest BCUT2D eigenvalue weighted by molar-refractivity contribution is 0.659. The first-order valence-electron chi connectivity index (χ1n) is 19.1. The quantitative estimate of drug-likeness (QED) is 0.177. The minimum absolute atomic E-state index is 0.248. The molecule has 0 bridgehead atoms. The molecule has 10 aromatic rings. The van der Waals surface area contributed by atoms with Crippen LogP contribution in [0.25, 0.3) is 76.9 Å². The van der Waals surface area contributed by atoms with Crippen LogP contribution in [0.5, 0.6) is 0 Å². The summed E-state index contributed by atoms with van der Waals surface area (Å²) in [5.74, 6) is 0. The Bertz CT molecular complexity index is 3110. The number of hydrogen-bond acceptors (Lipinski definition) is 2. The van der Waals surface area contributed by atoms with E-state index in [4.69, 9.17) is 4.42 Å². The number of furan rings is 1. The van der Waals surface area contributed by atoms with Gasteiger partial charge in [0.15, 0.2) is 5.58 Å². The monoisotopic (exact) mass is 703 g/mol. The summed E-state index contributed by atoms with van der Waals surface area (Å²) < 4.78 is 6.75. The van der Waals surface area contributed by atoms with Gasteiger partial charge in [-0.2, -0.15) is 0 Å². The Morgan fingerprint density at radius 3 is 1.84 bits per heavy atom. The summed E-state index contributed by atoms with van der Waals surface area (Å²) in [6.45, 7) is 4.76. The molecule has 2 heteroatoms. The van der Waals surface area contributed by atoms with Gasteiger partial charge in [-0.25, -0.2) is 0 Å². The first-order valence-corrected chi connectivity index (χ1v) is 19.1. The maximum absolute atomic E-state index is 6.75. The zero-order valence-corrected chi connectivity index (χ0v) is 30.8. The molecule has 0 amide bonds. The van der Waals surface area contributed by atoms with Crippen LogP contribution in [0.2, 0.25) is 0 Å². The highest BCUT2D eigenvalue weighted by Gasteiger charge is 2.40. The molecule has 0 atom stereocenters. The van der Waals surface area contributed by atoms with Gasteiger partial charge in [0.25, 0.3) is 0 Å². The number of anilines is 3. The minimum atomic E-state index is -0.248. The van der Waals surface area contributed by atoms with Gasteiger partial charge in [0.1, 0.15) is 5.58 Å². The molecule has 0 spiro atoms. The minimum Gasteiger partial charge on any atom is -0.454 e. The summed E-state index contributed by atoms with van der Waals surface area (Å²) in [6.07, 6.45) is 0. The molecule has 0 fully saturated rings. The van der Waals surface area contributed by atoms with Crippen molar-refractivity contribution >= 4 is 60.5 Å². The summed E-state index contributed by atoms with van der Waals surface area (Å²) in [4.78, 5) is 2.43. The Morgan fingerprint density at radius 1 is 0.436 bits per heavy atom. The number of nitrogens with zero attached hydrogens (tertiary/aromatic N) is 1. The van der Waals surface area contributed by atoms with Crippen molar-refractivity contribution < 1.29 is 4.42 Å². The normalized spacial score (nSPS) is 13.1. The second-order valence-electron chi connectivity index (χ2n) is 15.2. The fraction of sp³-hybridized carbons (Fsp3) is 0.0566. The van der Waals surface area contributed by atoms with Crippen LogP contribution >= 0.6 is 0 Å². The Balaban J connectivity index is 1.14. The van der Waals surface area contributed by atoms with Crippen LogP contribution in [0.4, 0.5) is 17.1 Å². The molecule has 0 saturated heterocycles. The van der Waals surface area contributed by atoms with Crippen LogP contribution < -0.4 is 4.90 Å². The second-order valence-corrected chi connectivity index (χ2v) is 15.2. The molecule has 0 saturated carbocycles. The molecule has 1 aliphatic rings. The lowest BCUT2D eigenvalue weighted by Crippen LogP contribution is -2.20. The molecule has 0 radical (unpaired) electrons. The molecule has 2 nitrogen and oxygen atoms in total. The maximum atomic E-state index is 6.75. The van der Waals surface area contributed by atoms with E-state index in [1.165, 1.54) is 66.1 Å². The number of hydrogen-bond donors (Lipinski definition) is 0. The highest BCUT2D eigenvalue weighted by molar-refractivity contribution is 6.12. The fourth-order valence-corrected chi connectivity index (χ4v) is 9.36. The van der Waals surface area contributed by atoms with Crippen LogP contribution in [0.1, 0.15) is 25.0 Å². The van der Waals surface area contributed by atoms with Crippen LogP contribution in [0, 0.1) is 0 Å². The number of benzene rings is 9. The Kier molecular flexibility index (Phi) is 6.93. The SMILES string of the molecule is CC1(C)c2ccc3ccccc3c2-c2cccc(N(c3ccc(-c4cccc5cccc(-c6ccccc6)c45)cc3)c3cccc4c3oc3ccccc34)c21. The van der Waals surface area contributed by atoms with Gasteiger partial charge >= 0.3 is 0 Å². The standard InChI is InChI=1S/C53H37NO/c1-53(2)45-33-30-35-16-6-7-19-41(35)50(45)44-24-13-25-46(51(44)53)54(47-26-12-23-43-42-20-8-9-27-48(42)55-52(43)47)38-31-28-36(29-32-38)40-22-11-18-37-17-10-21-39(49(37)40)34-14-4-3-5-15-34/h3-33H,1-2H3. The number of para-hydroxylation sites is 2. The van der Waals surface area contributed by atoms with Gasteiger partial charge in [-0.1, -0.05) is 172 Å². The lowest BCUT2D eigenvalue weighted by Gasteiger charge is -2.32. The first kappa shape index (κ1) is 31.6. The van der Waals surface area contributed by atoms with E-state index in [0.29, 0.717) is 0 Å². The van der Waals surface area contributed by atoms with Crippen molar-refractivity contribution in [1.82, 2.24) is 0 Å². The van der Waals surface area contributed by atoms with Crippen molar-refractivity contribution in [3.63, 3.8) is 0 Å². The summed E-state index contributed by atoms with van der Waals surface area (Å²) in [7, 11) is 0. The van der Waals surface area contributed by atoms with Crippen molar-refractivity contribution in [2.45, 2.75) is 19.3 Å². The predicted octanol–water partition coefficient (Wildman–Crippen LogP) is 15.0. The summed E-state index contributed by atoms with van der Waals surface area (Å²) in [6, 6.07) is 68.3. The fourth-order valence-electron chi connectivity index (χ4n) is 9.36. The third kappa shape index (κ3) is 4.74. The molecular formula is C53H37NO. The molecule has 0 aliphatic heterocycles. The Hall–Kier alpha value is -6.90. The van der Waals surface area contributed by atoms with Crippen LogP contribution in [0.15, 0.2) is 192 Å². The van der Waals surface area contributed by atoms with Crippen molar-refractivity contribution in [2.75, 3.05) is 4.90 Å². The first-order chi connectivity index (χ1) is 27.1. The van der Waals surface area contributed by atoms with E-state index in [-0.39, 0.29) is 5.41 Å². The molecular weight excluding hydrogens is 667 g/mol. The van der Waals surface area contributed by atoms with E-state index in [1.807, 2.05) is 6.07 Å². The molecule has 1 heterocycles. The number of rotatable bonds is 5. The van der Waals surface area contributed by atoms with Crippen molar-refractivity contribution in [2.24, 2.45) is 0 Å². The van der Waals surface area contributed by atoms with Crippen molar-refractivity contribution in [3.8, 4) is 33.4 Å². The van der Waals surface area contributed by atoms with Crippen LogP contribution in [-0.4, -0.2) is 0 Å². The zero-order valence-electron chi connectivity index (χ0n) is 30.8. The molecule has 9 aromatic carbocycles. The predicted molar refractivity (Wildman–Crippen MR) is 232 cm³/mol. The van der Waals surface area contributed by atoms with Gasteiger partial charge < -0.3 is 9.32 Å². The second kappa shape index (κ2) is 12.1. The van der Waals surface area contributed by atoms with E-state index in [2.05, 4.69) is 201 Å². The zero-order chi connectivity index (χ0) is 36.7. The van der Waals surface area contributed by atoms with E-state index >= 15 is 0 Å². The number of fused-ring (bicyclic) bond motifs is 9. The average Bonchev–Trinajstić information content (AvgIpc) is 3.74. The van der Waals surface area contributed by atoms with E-state index < -0.39 is 0 Å². The van der Waals surface area contributed by atoms with Crippen LogP contribution in [-0.2, 0) is 5.41 Å². The van der Waals surface area contributed by atoms with Gasteiger partial charge in [0.2, 0.25) is 0 Å². The molecule has 55 heavy (non-hydrogen) atoms. The molecule has 0 unspecified atom stereocenters. The largest absolute Gasteiger partial charge is 0.454 e. The van der Waals surface area contributed by atoms with Gasteiger partial charge in [-0.15, -0.1) is 0 Å². The summed E-state index contributed by atoms with van der Waals surface area (Å²) in [5.41, 5.74) is 14.9. The van der Waals surface area contributed by atoms with Crippen LogP contribution in [0.3, 0.4) is 0 Å².